The summed E-state index contributed by atoms with van der Waals surface area (Å²) in [7, 11) is 1.63. The van der Waals surface area contributed by atoms with Crippen LogP contribution in [-0.2, 0) is 6.54 Å². The van der Waals surface area contributed by atoms with E-state index in [-0.39, 0.29) is 0 Å². The Kier molecular flexibility index (Phi) is 5.05. The first-order chi connectivity index (χ1) is 11.7. The van der Waals surface area contributed by atoms with Crippen molar-refractivity contribution in [1.82, 2.24) is 0 Å². The van der Waals surface area contributed by atoms with E-state index in [4.69, 9.17) is 19.9 Å². The predicted molar refractivity (Wildman–Crippen MR) is 94.0 cm³/mol. The standard InChI is InChI=1S/C18H21N3O3/c1-22-15-6-4-14(5-7-15)21-18(19)20-12-13-3-8-16-17(11-13)24-10-2-9-23-16/h3-8,11H,2,9-10,12H2,1H3,(H3,19,20,21). The Balaban J connectivity index is 1.62. The summed E-state index contributed by atoms with van der Waals surface area (Å²) in [4.78, 5) is 4.36. The molecule has 3 rings (SSSR count). The third-order valence-electron chi connectivity index (χ3n) is 3.61. The predicted octanol–water partition coefficient (Wildman–Crippen LogP) is 2.78. The summed E-state index contributed by atoms with van der Waals surface area (Å²) in [6.45, 7) is 1.82. The molecule has 6 heteroatoms. The molecular formula is C18H21N3O3. The molecule has 0 saturated carbocycles. The molecule has 0 radical (unpaired) electrons. The van der Waals surface area contributed by atoms with Crippen molar-refractivity contribution in [2.75, 3.05) is 25.6 Å². The first-order valence-corrected chi connectivity index (χ1v) is 7.84. The summed E-state index contributed by atoms with van der Waals surface area (Å²) < 4.78 is 16.4. The quantitative estimate of drug-likeness (QED) is 0.667. The number of ether oxygens (including phenoxy) is 3. The lowest BCUT2D eigenvalue weighted by molar-refractivity contribution is 0.297. The maximum atomic E-state index is 5.94. The molecule has 6 nitrogen and oxygen atoms in total. The SMILES string of the molecule is COc1ccc(NC(N)=NCc2ccc3c(c2)OCCCO3)cc1. The lowest BCUT2D eigenvalue weighted by atomic mass is 10.2. The minimum Gasteiger partial charge on any atom is -0.497 e. The van der Waals surface area contributed by atoms with Crippen LogP contribution in [0.25, 0.3) is 0 Å². The molecule has 0 spiro atoms. The third kappa shape index (κ3) is 4.10. The van der Waals surface area contributed by atoms with Crippen LogP contribution in [-0.4, -0.2) is 26.3 Å². The number of nitrogens with zero attached hydrogens (tertiary/aromatic N) is 1. The number of anilines is 1. The number of rotatable bonds is 4. The highest BCUT2D eigenvalue weighted by Crippen LogP contribution is 2.30. The zero-order chi connectivity index (χ0) is 16.8. The zero-order valence-corrected chi connectivity index (χ0v) is 13.6. The van der Waals surface area contributed by atoms with Crippen molar-refractivity contribution in [2.24, 2.45) is 10.7 Å². The molecule has 24 heavy (non-hydrogen) atoms. The van der Waals surface area contributed by atoms with Crippen LogP contribution in [0, 0.1) is 0 Å². The van der Waals surface area contributed by atoms with Crippen molar-refractivity contribution < 1.29 is 14.2 Å². The van der Waals surface area contributed by atoms with E-state index >= 15 is 0 Å². The van der Waals surface area contributed by atoms with Crippen LogP contribution in [0.5, 0.6) is 17.2 Å². The largest absolute Gasteiger partial charge is 0.497 e. The molecule has 126 valence electrons. The van der Waals surface area contributed by atoms with E-state index in [0.717, 1.165) is 34.9 Å². The van der Waals surface area contributed by atoms with Crippen LogP contribution in [0.15, 0.2) is 47.5 Å². The molecule has 0 atom stereocenters. The fourth-order valence-electron chi connectivity index (χ4n) is 2.34. The van der Waals surface area contributed by atoms with E-state index in [1.807, 2.05) is 42.5 Å². The van der Waals surface area contributed by atoms with E-state index in [2.05, 4.69) is 10.3 Å². The molecule has 0 saturated heterocycles. The summed E-state index contributed by atoms with van der Waals surface area (Å²) in [6, 6.07) is 13.3. The van der Waals surface area contributed by atoms with Gasteiger partial charge in [0.05, 0.1) is 26.9 Å². The monoisotopic (exact) mass is 327 g/mol. The summed E-state index contributed by atoms with van der Waals surface area (Å²) >= 11 is 0. The average Bonchev–Trinajstić information content (AvgIpc) is 2.85. The molecule has 2 aromatic rings. The van der Waals surface area contributed by atoms with Crippen LogP contribution < -0.4 is 25.3 Å². The van der Waals surface area contributed by atoms with Crippen molar-refractivity contribution in [3.63, 3.8) is 0 Å². The van der Waals surface area contributed by atoms with E-state index in [0.29, 0.717) is 25.7 Å². The van der Waals surface area contributed by atoms with Crippen molar-refractivity contribution in [1.29, 1.82) is 0 Å². The second-order valence-electron chi connectivity index (χ2n) is 5.39. The molecule has 0 fully saturated rings. The Hall–Kier alpha value is -2.89. The molecule has 0 bridgehead atoms. The van der Waals surface area contributed by atoms with E-state index in [1.165, 1.54) is 0 Å². The molecule has 0 amide bonds. The van der Waals surface area contributed by atoms with Crippen LogP contribution in [0.4, 0.5) is 5.69 Å². The van der Waals surface area contributed by atoms with Crippen molar-refractivity contribution >= 4 is 11.6 Å². The summed E-state index contributed by atoms with van der Waals surface area (Å²) in [5.41, 5.74) is 7.81. The van der Waals surface area contributed by atoms with Crippen LogP contribution in [0.3, 0.4) is 0 Å². The molecule has 0 unspecified atom stereocenters. The number of guanidine groups is 1. The average molecular weight is 327 g/mol. The van der Waals surface area contributed by atoms with Gasteiger partial charge in [0.2, 0.25) is 0 Å². The lowest BCUT2D eigenvalue weighted by Gasteiger charge is -2.09. The number of hydrogen-bond acceptors (Lipinski definition) is 4. The van der Waals surface area contributed by atoms with Crippen LogP contribution in [0.1, 0.15) is 12.0 Å². The molecule has 2 aromatic carbocycles. The number of methoxy groups -OCH3 is 1. The highest BCUT2D eigenvalue weighted by atomic mass is 16.5. The van der Waals surface area contributed by atoms with Gasteiger partial charge >= 0.3 is 0 Å². The zero-order valence-electron chi connectivity index (χ0n) is 13.6. The molecule has 0 aromatic heterocycles. The topological polar surface area (TPSA) is 78.1 Å². The van der Waals surface area contributed by atoms with E-state index in [9.17, 15) is 0 Å². The summed E-state index contributed by atoms with van der Waals surface area (Å²) in [5, 5.41) is 3.05. The Morgan fingerprint density at radius 1 is 1.12 bits per heavy atom. The van der Waals surface area contributed by atoms with Crippen molar-refractivity contribution in [3.8, 4) is 17.2 Å². The van der Waals surface area contributed by atoms with Gasteiger partial charge in [-0.1, -0.05) is 6.07 Å². The Morgan fingerprint density at radius 2 is 1.88 bits per heavy atom. The van der Waals surface area contributed by atoms with Crippen molar-refractivity contribution in [3.05, 3.63) is 48.0 Å². The van der Waals surface area contributed by atoms with Gasteiger partial charge in [0.1, 0.15) is 5.75 Å². The Morgan fingerprint density at radius 3 is 2.62 bits per heavy atom. The minimum atomic E-state index is 0.354. The van der Waals surface area contributed by atoms with Gasteiger partial charge < -0.3 is 25.3 Å². The highest BCUT2D eigenvalue weighted by Gasteiger charge is 2.10. The smallest absolute Gasteiger partial charge is 0.193 e. The minimum absolute atomic E-state index is 0.354. The molecular weight excluding hydrogens is 306 g/mol. The number of aliphatic imine (C=N–C) groups is 1. The Labute approximate surface area is 141 Å². The number of fused-ring (bicyclic) bond motifs is 1. The molecule has 3 N–H and O–H groups in total. The first-order valence-electron chi connectivity index (χ1n) is 7.84. The van der Waals surface area contributed by atoms with Gasteiger partial charge in [-0.15, -0.1) is 0 Å². The molecule has 1 heterocycles. The normalized spacial score (nSPS) is 14.0. The van der Waals surface area contributed by atoms with Gasteiger partial charge in [0, 0.05) is 12.1 Å². The van der Waals surface area contributed by atoms with Crippen molar-refractivity contribution in [2.45, 2.75) is 13.0 Å². The molecule has 1 aliphatic heterocycles. The van der Waals surface area contributed by atoms with Gasteiger partial charge in [-0.05, 0) is 42.0 Å². The van der Waals surface area contributed by atoms with Gasteiger partial charge in [-0.2, -0.15) is 0 Å². The maximum absolute atomic E-state index is 5.94. The third-order valence-corrected chi connectivity index (χ3v) is 3.61. The van der Waals surface area contributed by atoms with E-state index in [1.54, 1.807) is 7.11 Å². The number of nitrogens with two attached hydrogens (primary N) is 1. The highest BCUT2D eigenvalue weighted by molar-refractivity contribution is 5.92. The van der Waals surface area contributed by atoms with Crippen LogP contribution >= 0.6 is 0 Å². The fourth-order valence-corrected chi connectivity index (χ4v) is 2.34. The fraction of sp³-hybridized carbons (Fsp3) is 0.278. The molecule has 1 aliphatic rings. The van der Waals surface area contributed by atoms with Crippen LogP contribution in [0.2, 0.25) is 0 Å². The van der Waals surface area contributed by atoms with Gasteiger partial charge in [0.25, 0.3) is 0 Å². The lowest BCUT2D eigenvalue weighted by Crippen LogP contribution is -2.22. The number of benzene rings is 2. The summed E-state index contributed by atoms with van der Waals surface area (Å²) in [5.74, 6) is 2.70. The van der Waals surface area contributed by atoms with Gasteiger partial charge in [0.15, 0.2) is 17.5 Å². The number of hydrogen-bond donors (Lipinski definition) is 2. The summed E-state index contributed by atoms with van der Waals surface area (Å²) in [6.07, 6.45) is 0.890. The van der Waals surface area contributed by atoms with Gasteiger partial charge in [-0.25, -0.2) is 4.99 Å². The first kappa shape index (κ1) is 16.0. The second kappa shape index (κ2) is 7.59. The van der Waals surface area contributed by atoms with E-state index < -0.39 is 0 Å². The second-order valence-corrected chi connectivity index (χ2v) is 5.39. The Bertz CT molecular complexity index is 714. The maximum Gasteiger partial charge on any atom is 0.193 e. The van der Waals surface area contributed by atoms with Gasteiger partial charge in [-0.3, -0.25) is 0 Å². The number of nitrogens with one attached hydrogen (secondary N) is 1. The molecule has 0 aliphatic carbocycles.